The van der Waals surface area contributed by atoms with Crippen molar-refractivity contribution in [2.24, 2.45) is 5.92 Å². The number of amides is 2. The molecule has 2 amide bonds. The molecule has 0 spiro atoms. The van der Waals surface area contributed by atoms with Crippen molar-refractivity contribution < 1.29 is 23.8 Å². The minimum atomic E-state index is -0.164. The van der Waals surface area contributed by atoms with Crippen LogP contribution in [0.3, 0.4) is 0 Å². The summed E-state index contributed by atoms with van der Waals surface area (Å²) in [6.45, 7) is 4.50. The van der Waals surface area contributed by atoms with Gasteiger partial charge in [0.1, 0.15) is 23.3 Å². The van der Waals surface area contributed by atoms with Crippen molar-refractivity contribution in [3.8, 4) is 28.5 Å². The van der Waals surface area contributed by atoms with E-state index in [2.05, 4.69) is 25.6 Å². The number of H-pyrrole nitrogens is 1. The molecule has 10 heteroatoms. The van der Waals surface area contributed by atoms with Gasteiger partial charge in [-0.25, -0.2) is 9.97 Å². The molecule has 2 aromatic heterocycles. The highest BCUT2D eigenvalue weighted by Crippen LogP contribution is 2.48. The Morgan fingerprint density at radius 2 is 1.82 bits per heavy atom. The molecule has 200 valence electrons. The Kier molecular flexibility index (Phi) is 6.55. The van der Waals surface area contributed by atoms with E-state index in [1.54, 1.807) is 0 Å². The number of benzene rings is 1. The number of carbonyl (C=O) groups excluding carboxylic acids is 2. The molecule has 6 rings (SSSR count). The number of fused-ring (bicyclic) bond motifs is 2. The normalized spacial score (nSPS) is 20.4. The molecule has 0 radical (unpaired) electrons. The van der Waals surface area contributed by atoms with Crippen molar-refractivity contribution in [3.63, 3.8) is 0 Å². The number of ether oxygens (including phenoxy) is 3. The third-order valence-electron chi connectivity index (χ3n) is 7.66. The Bertz CT molecular complexity index is 1370. The SMILES string of the molecule is CCC(=O)N[C@H]1CC[C@H](NC(=O)c2c(C)[nH]c3c(-c4c(OCC5CC5)ccc5c4OCO5)ncnc23)CC1. The van der Waals surface area contributed by atoms with E-state index in [1.807, 2.05) is 26.0 Å². The zero-order valence-corrected chi connectivity index (χ0v) is 21.8. The second-order valence-corrected chi connectivity index (χ2v) is 10.4. The number of carbonyl (C=O) groups is 2. The lowest BCUT2D eigenvalue weighted by Gasteiger charge is -2.29. The molecule has 0 saturated heterocycles. The first kappa shape index (κ1) is 24.5. The van der Waals surface area contributed by atoms with Gasteiger partial charge in [-0.3, -0.25) is 9.59 Å². The van der Waals surface area contributed by atoms with Gasteiger partial charge in [0.2, 0.25) is 12.7 Å². The predicted molar refractivity (Wildman–Crippen MR) is 140 cm³/mol. The van der Waals surface area contributed by atoms with Crippen LogP contribution < -0.4 is 24.8 Å². The Hall–Kier alpha value is -3.82. The van der Waals surface area contributed by atoms with Gasteiger partial charge in [0, 0.05) is 24.2 Å². The second-order valence-electron chi connectivity index (χ2n) is 10.4. The van der Waals surface area contributed by atoms with Crippen LogP contribution in [-0.4, -0.2) is 52.2 Å². The topological polar surface area (TPSA) is 127 Å². The van der Waals surface area contributed by atoms with Gasteiger partial charge in [-0.1, -0.05) is 6.92 Å². The van der Waals surface area contributed by atoms with Crippen LogP contribution in [0.25, 0.3) is 22.3 Å². The standard InChI is InChI=1S/C28H33N5O5/c1-3-21(34)32-17-6-8-18(9-7-17)33-28(35)22-15(2)31-26-24(22)29-13-30-25(26)23-19(36-12-16-4-5-16)10-11-20-27(23)38-14-37-20/h10-11,13,16-18,31H,3-9,12,14H2,1-2H3,(H,32,34)(H,33,35)/t17-,18-. The number of nitrogens with zero attached hydrogens (tertiary/aromatic N) is 2. The van der Waals surface area contributed by atoms with E-state index < -0.39 is 0 Å². The summed E-state index contributed by atoms with van der Waals surface area (Å²) in [5.74, 6) is 2.39. The van der Waals surface area contributed by atoms with E-state index in [9.17, 15) is 9.59 Å². The average Bonchev–Trinajstić information content (AvgIpc) is 3.51. The molecule has 0 unspecified atom stereocenters. The number of aryl methyl sites for hydroxylation is 1. The van der Waals surface area contributed by atoms with Crippen molar-refractivity contribution in [3.05, 3.63) is 29.7 Å². The lowest BCUT2D eigenvalue weighted by Crippen LogP contribution is -2.43. The Morgan fingerprint density at radius 1 is 1.05 bits per heavy atom. The molecule has 0 atom stereocenters. The summed E-state index contributed by atoms with van der Waals surface area (Å²) >= 11 is 0. The largest absolute Gasteiger partial charge is 0.492 e. The van der Waals surface area contributed by atoms with Gasteiger partial charge < -0.3 is 29.8 Å². The van der Waals surface area contributed by atoms with Gasteiger partial charge in [0.25, 0.3) is 5.91 Å². The van der Waals surface area contributed by atoms with E-state index in [0.717, 1.165) is 25.7 Å². The van der Waals surface area contributed by atoms with Gasteiger partial charge in [-0.2, -0.15) is 0 Å². The summed E-state index contributed by atoms with van der Waals surface area (Å²) in [6.07, 6.45) is 7.65. The van der Waals surface area contributed by atoms with Crippen LogP contribution in [0.15, 0.2) is 18.5 Å². The van der Waals surface area contributed by atoms with E-state index in [1.165, 1.54) is 19.2 Å². The molecule has 1 aliphatic heterocycles. The van der Waals surface area contributed by atoms with Crippen LogP contribution in [-0.2, 0) is 4.79 Å². The molecule has 2 aliphatic carbocycles. The molecule has 2 fully saturated rings. The minimum Gasteiger partial charge on any atom is -0.492 e. The maximum atomic E-state index is 13.5. The fourth-order valence-corrected chi connectivity index (χ4v) is 5.35. The number of aromatic nitrogens is 3. The predicted octanol–water partition coefficient (Wildman–Crippen LogP) is 4.02. The number of hydrogen-bond acceptors (Lipinski definition) is 7. The lowest BCUT2D eigenvalue weighted by atomic mass is 9.91. The molecule has 38 heavy (non-hydrogen) atoms. The smallest absolute Gasteiger partial charge is 0.255 e. The van der Waals surface area contributed by atoms with Crippen molar-refractivity contribution in [1.82, 2.24) is 25.6 Å². The number of rotatable bonds is 8. The van der Waals surface area contributed by atoms with E-state index >= 15 is 0 Å². The first-order valence-electron chi connectivity index (χ1n) is 13.5. The van der Waals surface area contributed by atoms with E-state index in [-0.39, 0.29) is 30.7 Å². The molecule has 3 aliphatic rings. The second kappa shape index (κ2) is 10.2. The van der Waals surface area contributed by atoms with Crippen LogP contribution in [0.2, 0.25) is 0 Å². The number of hydrogen-bond donors (Lipinski definition) is 3. The van der Waals surface area contributed by atoms with Crippen molar-refractivity contribution in [1.29, 1.82) is 0 Å². The molecule has 3 heterocycles. The monoisotopic (exact) mass is 519 g/mol. The molecular weight excluding hydrogens is 486 g/mol. The summed E-state index contributed by atoms with van der Waals surface area (Å²) in [5.41, 5.74) is 3.75. The zero-order chi connectivity index (χ0) is 26.2. The third-order valence-corrected chi connectivity index (χ3v) is 7.66. The van der Waals surface area contributed by atoms with Crippen LogP contribution in [0.5, 0.6) is 17.2 Å². The van der Waals surface area contributed by atoms with Crippen molar-refractivity contribution in [2.75, 3.05) is 13.4 Å². The van der Waals surface area contributed by atoms with Crippen LogP contribution in [0, 0.1) is 12.8 Å². The van der Waals surface area contributed by atoms with Crippen LogP contribution in [0.4, 0.5) is 0 Å². The van der Waals surface area contributed by atoms with Gasteiger partial charge in [0.15, 0.2) is 11.5 Å². The first-order valence-corrected chi connectivity index (χ1v) is 13.5. The molecule has 2 saturated carbocycles. The van der Waals surface area contributed by atoms with E-state index in [0.29, 0.717) is 69.7 Å². The summed E-state index contributed by atoms with van der Waals surface area (Å²) in [4.78, 5) is 37.7. The highest BCUT2D eigenvalue weighted by Gasteiger charge is 2.30. The summed E-state index contributed by atoms with van der Waals surface area (Å²) in [7, 11) is 0. The fraction of sp³-hybridized carbons (Fsp3) is 0.500. The van der Waals surface area contributed by atoms with Gasteiger partial charge >= 0.3 is 0 Å². The van der Waals surface area contributed by atoms with Gasteiger partial charge in [0.05, 0.1) is 23.3 Å². The lowest BCUT2D eigenvalue weighted by molar-refractivity contribution is -0.121. The fourth-order valence-electron chi connectivity index (χ4n) is 5.35. The minimum absolute atomic E-state index is 0.0494. The number of nitrogens with one attached hydrogen (secondary N) is 3. The summed E-state index contributed by atoms with van der Waals surface area (Å²) < 4.78 is 17.7. The summed E-state index contributed by atoms with van der Waals surface area (Å²) in [5, 5.41) is 6.26. The highest BCUT2D eigenvalue weighted by molar-refractivity contribution is 6.09. The Balaban J connectivity index is 1.27. The maximum Gasteiger partial charge on any atom is 0.255 e. The molecule has 1 aromatic carbocycles. The Morgan fingerprint density at radius 3 is 2.55 bits per heavy atom. The molecule has 3 N–H and O–H groups in total. The Labute approximate surface area is 220 Å². The van der Waals surface area contributed by atoms with Gasteiger partial charge in [-0.15, -0.1) is 0 Å². The zero-order valence-electron chi connectivity index (χ0n) is 21.8. The van der Waals surface area contributed by atoms with Gasteiger partial charge in [-0.05, 0) is 63.5 Å². The number of aromatic amines is 1. The van der Waals surface area contributed by atoms with Crippen LogP contribution in [0.1, 0.15) is 67.9 Å². The average molecular weight is 520 g/mol. The van der Waals surface area contributed by atoms with E-state index in [4.69, 9.17) is 14.2 Å². The molecule has 0 bridgehead atoms. The molecule has 10 nitrogen and oxygen atoms in total. The van der Waals surface area contributed by atoms with Crippen molar-refractivity contribution in [2.45, 2.75) is 70.9 Å². The third kappa shape index (κ3) is 4.75. The molecule has 3 aromatic rings. The maximum absolute atomic E-state index is 13.5. The highest BCUT2D eigenvalue weighted by atomic mass is 16.7. The quantitative estimate of drug-likeness (QED) is 0.410. The van der Waals surface area contributed by atoms with Crippen LogP contribution >= 0.6 is 0 Å². The summed E-state index contributed by atoms with van der Waals surface area (Å²) in [6, 6.07) is 3.97. The van der Waals surface area contributed by atoms with Crippen molar-refractivity contribution >= 4 is 22.8 Å². The molecular formula is C28H33N5O5. The first-order chi connectivity index (χ1) is 18.5.